The summed E-state index contributed by atoms with van der Waals surface area (Å²) in [6.45, 7) is 3.03. The van der Waals surface area contributed by atoms with Crippen LogP contribution in [0, 0.1) is 0 Å². The predicted molar refractivity (Wildman–Crippen MR) is 99.4 cm³/mol. The average molecular weight is 394 g/mol. The SMILES string of the molecule is C=CC(=O)Oc1ccccc1.O=C(O)CS.O=C(O)CS.OCCO. The van der Waals surface area contributed by atoms with Crippen molar-refractivity contribution in [1.82, 2.24) is 0 Å². The highest BCUT2D eigenvalue weighted by Gasteiger charge is 1.95. The molecule has 0 heterocycles. The van der Waals surface area contributed by atoms with Crippen LogP contribution >= 0.6 is 25.3 Å². The molecule has 0 unspecified atom stereocenters. The summed E-state index contributed by atoms with van der Waals surface area (Å²) in [6.07, 6.45) is 1.13. The summed E-state index contributed by atoms with van der Waals surface area (Å²) >= 11 is 6.83. The van der Waals surface area contributed by atoms with E-state index in [0.717, 1.165) is 6.08 Å². The first kappa shape index (κ1) is 27.8. The summed E-state index contributed by atoms with van der Waals surface area (Å²) in [4.78, 5) is 29.2. The molecule has 0 bridgehead atoms. The van der Waals surface area contributed by atoms with Crippen LogP contribution in [-0.4, -0.2) is 63.1 Å². The molecule has 0 atom stereocenters. The van der Waals surface area contributed by atoms with Gasteiger partial charge in [0.25, 0.3) is 0 Å². The number of esters is 1. The molecule has 0 aliphatic rings. The molecular formula is C15H22O8S2. The van der Waals surface area contributed by atoms with Crippen LogP contribution in [0.25, 0.3) is 0 Å². The van der Waals surface area contributed by atoms with E-state index in [1.807, 2.05) is 6.07 Å². The number of aliphatic hydroxyl groups is 2. The highest BCUT2D eigenvalue weighted by atomic mass is 32.1. The van der Waals surface area contributed by atoms with E-state index in [-0.39, 0.29) is 24.7 Å². The van der Waals surface area contributed by atoms with Crippen molar-refractivity contribution in [2.24, 2.45) is 0 Å². The first-order valence-electron chi connectivity index (χ1n) is 6.55. The fraction of sp³-hybridized carbons (Fsp3) is 0.267. The highest BCUT2D eigenvalue weighted by molar-refractivity contribution is 7.81. The van der Waals surface area contributed by atoms with Crippen molar-refractivity contribution in [2.75, 3.05) is 24.7 Å². The van der Waals surface area contributed by atoms with Gasteiger partial charge < -0.3 is 25.2 Å². The van der Waals surface area contributed by atoms with Gasteiger partial charge in [-0.2, -0.15) is 25.3 Å². The van der Waals surface area contributed by atoms with Crippen LogP contribution < -0.4 is 4.74 Å². The van der Waals surface area contributed by atoms with Gasteiger partial charge in [-0.1, -0.05) is 24.8 Å². The first-order valence-corrected chi connectivity index (χ1v) is 7.81. The molecule has 0 fully saturated rings. The van der Waals surface area contributed by atoms with Crippen molar-refractivity contribution in [1.29, 1.82) is 0 Å². The van der Waals surface area contributed by atoms with Crippen LogP contribution in [-0.2, 0) is 14.4 Å². The first-order chi connectivity index (χ1) is 11.8. The second-order valence-corrected chi connectivity index (χ2v) is 4.12. The fourth-order valence-electron chi connectivity index (χ4n) is 0.646. The lowest BCUT2D eigenvalue weighted by Crippen LogP contribution is -2.02. The summed E-state index contributed by atoms with van der Waals surface area (Å²) in [5, 5.41) is 30.5. The number of ether oxygens (including phenoxy) is 1. The molecule has 1 aromatic rings. The van der Waals surface area contributed by atoms with Gasteiger partial charge in [-0.15, -0.1) is 0 Å². The van der Waals surface area contributed by atoms with Gasteiger partial charge in [0.05, 0.1) is 24.7 Å². The maximum Gasteiger partial charge on any atom is 0.335 e. The Bertz CT molecular complexity index is 464. The number of carbonyl (C=O) groups is 3. The van der Waals surface area contributed by atoms with Crippen LogP contribution in [0.5, 0.6) is 5.75 Å². The third kappa shape index (κ3) is 30.4. The smallest absolute Gasteiger partial charge is 0.335 e. The Morgan fingerprint density at radius 3 is 1.56 bits per heavy atom. The van der Waals surface area contributed by atoms with E-state index < -0.39 is 17.9 Å². The molecule has 0 saturated carbocycles. The summed E-state index contributed by atoms with van der Waals surface area (Å²) < 4.78 is 4.81. The van der Waals surface area contributed by atoms with Crippen molar-refractivity contribution < 1.29 is 39.5 Å². The van der Waals surface area contributed by atoms with Crippen molar-refractivity contribution in [3.63, 3.8) is 0 Å². The zero-order valence-corrected chi connectivity index (χ0v) is 15.1. The van der Waals surface area contributed by atoms with E-state index in [1.165, 1.54) is 0 Å². The molecule has 0 radical (unpaired) electrons. The number of hydrogen-bond donors (Lipinski definition) is 6. The van der Waals surface area contributed by atoms with Gasteiger partial charge in [0.1, 0.15) is 5.75 Å². The standard InChI is InChI=1S/C9H8O2.2C2H4O2S.C2H6O2/c1-2-9(10)11-8-6-4-3-5-7-8;2*3-2(4)1-5;3-1-2-4/h2-7H,1H2;2*5H,1H2,(H,3,4);3-4H,1-2H2. The van der Waals surface area contributed by atoms with E-state index >= 15 is 0 Å². The second-order valence-electron chi connectivity index (χ2n) is 3.49. The minimum atomic E-state index is -0.881. The Hall–Kier alpha value is -2.01. The molecule has 1 aromatic carbocycles. The number of carbonyl (C=O) groups excluding carboxylic acids is 1. The molecule has 0 saturated heterocycles. The maximum absolute atomic E-state index is 10.6. The lowest BCUT2D eigenvalue weighted by atomic mass is 10.3. The number of benzene rings is 1. The van der Waals surface area contributed by atoms with E-state index in [2.05, 4.69) is 31.8 Å². The fourth-order valence-corrected chi connectivity index (χ4v) is 0.646. The Morgan fingerprint density at radius 1 is 0.960 bits per heavy atom. The number of aliphatic hydroxyl groups excluding tert-OH is 2. The number of para-hydroxylation sites is 1. The second kappa shape index (κ2) is 22.0. The van der Waals surface area contributed by atoms with Gasteiger partial charge >= 0.3 is 17.9 Å². The molecule has 4 N–H and O–H groups in total. The van der Waals surface area contributed by atoms with E-state index in [9.17, 15) is 14.4 Å². The third-order valence-corrected chi connectivity index (χ3v) is 2.04. The average Bonchev–Trinajstić information content (AvgIpc) is 2.63. The molecule has 25 heavy (non-hydrogen) atoms. The van der Waals surface area contributed by atoms with Gasteiger partial charge in [0, 0.05) is 6.08 Å². The van der Waals surface area contributed by atoms with Crippen LogP contribution in [0.15, 0.2) is 43.0 Å². The van der Waals surface area contributed by atoms with Gasteiger partial charge in [-0.3, -0.25) is 9.59 Å². The number of aliphatic carboxylic acids is 2. The minimum absolute atomic E-state index is 0.0833. The van der Waals surface area contributed by atoms with E-state index in [0.29, 0.717) is 5.75 Å². The molecule has 8 nitrogen and oxygen atoms in total. The molecule has 0 aliphatic carbocycles. The highest BCUT2D eigenvalue weighted by Crippen LogP contribution is 2.07. The Balaban J connectivity index is -0.000000292. The maximum atomic E-state index is 10.6. The van der Waals surface area contributed by atoms with Crippen molar-refractivity contribution in [3.8, 4) is 5.75 Å². The molecular weight excluding hydrogens is 372 g/mol. The molecule has 0 aromatic heterocycles. The Morgan fingerprint density at radius 2 is 1.32 bits per heavy atom. The number of rotatable bonds is 5. The van der Waals surface area contributed by atoms with Gasteiger partial charge in [0.2, 0.25) is 0 Å². The monoisotopic (exact) mass is 394 g/mol. The molecule has 0 aliphatic heterocycles. The number of carboxylic acid groups (broad SMARTS) is 2. The van der Waals surface area contributed by atoms with Crippen molar-refractivity contribution in [2.45, 2.75) is 0 Å². The molecule has 142 valence electrons. The Kier molecular flexibility index (Phi) is 24.5. The predicted octanol–water partition coefficient (Wildman–Crippen LogP) is 0.751. The molecule has 1 rings (SSSR count). The van der Waals surface area contributed by atoms with Crippen LogP contribution in [0.1, 0.15) is 0 Å². The molecule has 10 heteroatoms. The topological polar surface area (TPSA) is 141 Å². The van der Waals surface area contributed by atoms with Gasteiger partial charge in [-0.25, -0.2) is 4.79 Å². The van der Waals surface area contributed by atoms with Gasteiger partial charge in [0.15, 0.2) is 0 Å². The van der Waals surface area contributed by atoms with E-state index in [1.54, 1.807) is 24.3 Å². The minimum Gasteiger partial charge on any atom is -0.481 e. The van der Waals surface area contributed by atoms with Crippen molar-refractivity contribution >= 4 is 43.2 Å². The largest absolute Gasteiger partial charge is 0.481 e. The molecule has 0 amide bonds. The third-order valence-electron chi connectivity index (χ3n) is 1.50. The summed E-state index contributed by atoms with van der Waals surface area (Å²) in [7, 11) is 0. The normalized spacial score (nSPS) is 8.00. The number of thiol groups is 2. The summed E-state index contributed by atoms with van der Waals surface area (Å²) in [5.74, 6) is -1.82. The van der Waals surface area contributed by atoms with Crippen molar-refractivity contribution in [3.05, 3.63) is 43.0 Å². The molecule has 0 spiro atoms. The van der Waals surface area contributed by atoms with Crippen LogP contribution in [0.2, 0.25) is 0 Å². The quantitative estimate of drug-likeness (QED) is 0.186. The summed E-state index contributed by atoms with van der Waals surface area (Å²) in [5.41, 5.74) is 0. The summed E-state index contributed by atoms with van der Waals surface area (Å²) in [6, 6.07) is 8.87. The van der Waals surface area contributed by atoms with Gasteiger partial charge in [-0.05, 0) is 12.1 Å². The number of hydrogen-bond acceptors (Lipinski definition) is 8. The van der Waals surface area contributed by atoms with Crippen LogP contribution in [0.3, 0.4) is 0 Å². The zero-order chi connectivity index (χ0) is 20.1. The van der Waals surface area contributed by atoms with Crippen LogP contribution in [0.4, 0.5) is 0 Å². The zero-order valence-electron chi connectivity index (χ0n) is 13.3. The lowest BCUT2D eigenvalue weighted by molar-refractivity contribution is -0.134. The number of carboxylic acids is 2. The lowest BCUT2D eigenvalue weighted by Gasteiger charge is -1.98. The van der Waals surface area contributed by atoms with E-state index in [4.69, 9.17) is 25.2 Å². The Labute approximate surface area is 156 Å².